The minimum absolute atomic E-state index is 0.104. The topological polar surface area (TPSA) is 56.9 Å². The lowest BCUT2D eigenvalue weighted by Gasteiger charge is -2.16. The molecule has 3 aromatic rings. The molecule has 0 bridgehead atoms. The Bertz CT molecular complexity index is 1070. The number of aryl methyl sites for hydroxylation is 1. The summed E-state index contributed by atoms with van der Waals surface area (Å²) < 4.78 is 57.6. The van der Waals surface area contributed by atoms with Crippen LogP contribution in [0, 0.1) is 6.92 Å². The van der Waals surface area contributed by atoms with Crippen LogP contribution in [0.4, 0.5) is 17.6 Å². The van der Waals surface area contributed by atoms with Gasteiger partial charge in [-0.2, -0.15) is 17.5 Å². The van der Waals surface area contributed by atoms with E-state index in [2.05, 4.69) is 4.37 Å². The third kappa shape index (κ3) is 2.97. The standard InChI is InChI=1S/C15H11F4N3O2S/c1-8-10-6-9(2-3-11(10)25-20-8)22-13(23)7-12(15(17,18)19)21(5-4-16)14(22)24/h2-3,6-7H,4-5H2,1H3. The fraction of sp³-hybridized carbons (Fsp3) is 0.267. The highest BCUT2D eigenvalue weighted by Crippen LogP contribution is 2.28. The minimum Gasteiger partial charge on any atom is -0.286 e. The summed E-state index contributed by atoms with van der Waals surface area (Å²) in [5, 5.41) is 0.686. The average Bonchev–Trinajstić information content (AvgIpc) is 2.90. The van der Waals surface area contributed by atoms with E-state index in [1.54, 1.807) is 13.0 Å². The van der Waals surface area contributed by atoms with Gasteiger partial charge in [0.2, 0.25) is 0 Å². The van der Waals surface area contributed by atoms with Gasteiger partial charge in [0.15, 0.2) is 0 Å². The van der Waals surface area contributed by atoms with Crippen molar-refractivity contribution in [3.63, 3.8) is 0 Å². The van der Waals surface area contributed by atoms with Crippen LogP contribution >= 0.6 is 11.5 Å². The molecular formula is C15H11F4N3O2S. The summed E-state index contributed by atoms with van der Waals surface area (Å²) in [7, 11) is 0. The molecule has 0 spiro atoms. The molecule has 0 N–H and O–H groups in total. The zero-order valence-corrected chi connectivity index (χ0v) is 13.6. The van der Waals surface area contributed by atoms with Crippen LogP contribution in [0.25, 0.3) is 15.8 Å². The Morgan fingerprint density at radius 3 is 2.56 bits per heavy atom. The van der Waals surface area contributed by atoms with Crippen molar-refractivity contribution in [1.29, 1.82) is 0 Å². The Kier molecular flexibility index (Phi) is 4.23. The molecule has 0 unspecified atom stereocenters. The predicted molar refractivity (Wildman–Crippen MR) is 85.2 cm³/mol. The normalized spacial score (nSPS) is 12.0. The van der Waals surface area contributed by atoms with Crippen LogP contribution in [0.5, 0.6) is 0 Å². The van der Waals surface area contributed by atoms with Crippen LogP contribution in [0.15, 0.2) is 33.9 Å². The first-order valence-corrected chi connectivity index (χ1v) is 7.88. The van der Waals surface area contributed by atoms with Gasteiger partial charge >= 0.3 is 11.9 Å². The van der Waals surface area contributed by atoms with Gasteiger partial charge in [-0.15, -0.1) is 0 Å². The summed E-state index contributed by atoms with van der Waals surface area (Å²) >= 11 is 1.22. The van der Waals surface area contributed by atoms with E-state index < -0.39 is 36.3 Å². The summed E-state index contributed by atoms with van der Waals surface area (Å²) in [5.74, 6) is 0. The molecule has 0 atom stereocenters. The van der Waals surface area contributed by atoms with Gasteiger partial charge in [0.25, 0.3) is 5.56 Å². The number of rotatable bonds is 3. The van der Waals surface area contributed by atoms with Gasteiger partial charge in [0.05, 0.1) is 22.6 Å². The van der Waals surface area contributed by atoms with E-state index in [1.165, 1.54) is 23.7 Å². The molecule has 0 aliphatic heterocycles. The lowest BCUT2D eigenvalue weighted by molar-refractivity contribution is -0.144. The van der Waals surface area contributed by atoms with Gasteiger partial charge in [-0.05, 0) is 36.7 Å². The summed E-state index contributed by atoms with van der Waals surface area (Å²) in [6.45, 7) is -0.234. The third-order valence-electron chi connectivity index (χ3n) is 3.68. The first-order chi connectivity index (χ1) is 11.7. The van der Waals surface area contributed by atoms with E-state index in [0.29, 0.717) is 21.7 Å². The van der Waals surface area contributed by atoms with E-state index in [0.717, 1.165) is 4.70 Å². The third-order valence-corrected chi connectivity index (χ3v) is 4.60. The Balaban J connectivity index is 2.32. The van der Waals surface area contributed by atoms with Crippen LogP contribution in [-0.4, -0.2) is 20.2 Å². The number of halogens is 4. The SMILES string of the molecule is Cc1nsc2ccc(-n3c(=O)cc(C(F)(F)F)n(CCF)c3=O)cc12. The molecule has 3 rings (SSSR count). The number of nitrogens with zero attached hydrogens (tertiary/aromatic N) is 3. The number of fused-ring (bicyclic) bond motifs is 1. The summed E-state index contributed by atoms with van der Waals surface area (Å²) in [4.78, 5) is 24.6. The van der Waals surface area contributed by atoms with Crippen molar-refractivity contribution in [2.45, 2.75) is 19.6 Å². The van der Waals surface area contributed by atoms with Crippen molar-refractivity contribution in [2.75, 3.05) is 6.67 Å². The van der Waals surface area contributed by atoms with Crippen LogP contribution in [0.1, 0.15) is 11.4 Å². The van der Waals surface area contributed by atoms with E-state index in [-0.39, 0.29) is 10.3 Å². The van der Waals surface area contributed by atoms with Gasteiger partial charge in [0, 0.05) is 11.5 Å². The van der Waals surface area contributed by atoms with Gasteiger partial charge in [-0.3, -0.25) is 9.36 Å². The molecule has 10 heteroatoms. The maximum absolute atomic E-state index is 13.0. The molecule has 1 aromatic carbocycles. The van der Waals surface area contributed by atoms with Crippen molar-refractivity contribution in [3.8, 4) is 5.69 Å². The lowest BCUT2D eigenvalue weighted by atomic mass is 10.2. The Morgan fingerprint density at radius 1 is 1.20 bits per heavy atom. The summed E-state index contributed by atoms with van der Waals surface area (Å²) in [5.41, 5.74) is -3.06. The zero-order valence-electron chi connectivity index (χ0n) is 12.8. The number of benzene rings is 1. The molecule has 0 amide bonds. The highest BCUT2D eigenvalue weighted by atomic mass is 32.1. The van der Waals surface area contributed by atoms with E-state index >= 15 is 0 Å². The molecule has 0 saturated heterocycles. The molecule has 0 aliphatic rings. The fourth-order valence-electron chi connectivity index (χ4n) is 2.54. The largest absolute Gasteiger partial charge is 0.431 e. The smallest absolute Gasteiger partial charge is 0.286 e. The van der Waals surface area contributed by atoms with Crippen LogP contribution in [-0.2, 0) is 12.7 Å². The number of hydrogen-bond acceptors (Lipinski definition) is 4. The first-order valence-electron chi connectivity index (χ1n) is 7.10. The molecule has 132 valence electrons. The van der Waals surface area contributed by atoms with Gasteiger partial charge in [0.1, 0.15) is 12.4 Å². The molecule has 0 radical (unpaired) electrons. The van der Waals surface area contributed by atoms with Crippen molar-refractivity contribution in [2.24, 2.45) is 0 Å². The quantitative estimate of drug-likeness (QED) is 0.664. The zero-order chi connectivity index (χ0) is 18.4. The number of hydrogen-bond donors (Lipinski definition) is 0. The number of aromatic nitrogens is 3. The highest BCUT2D eigenvalue weighted by Gasteiger charge is 2.36. The van der Waals surface area contributed by atoms with E-state index in [1.807, 2.05) is 0 Å². The van der Waals surface area contributed by atoms with E-state index in [9.17, 15) is 27.2 Å². The molecule has 0 saturated carbocycles. The van der Waals surface area contributed by atoms with Gasteiger partial charge in [-0.25, -0.2) is 13.8 Å². The molecular weight excluding hydrogens is 362 g/mol. The van der Waals surface area contributed by atoms with Crippen molar-refractivity contribution in [3.05, 3.63) is 56.5 Å². The maximum Gasteiger partial charge on any atom is 0.431 e. The summed E-state index contributed by atoms with van der Waals surface area (Å²) in [6.07, 6.45) is -4.94. The average molecular weight is 373 g/mol. The van der Waals surface area contributed by atoms with Crippen LogP contribution in [0.2, 0.25) is 0 Å². The molecule has 5 nitrogen and oxygen atoms in total. The molecule has 0 aliphatic carbocycles. The Morgan fingerprint density at radius 2 is 1.92 bits per heavy atom. The second-order valence-electron chi connectivity index (χ2n) is 5.27. The fourth-order valence-corrected chi connectivity index (χ4v) is 3.30. The Hall–Kier alpha value is -2.49. The van der Waals surface area contributed by atoms with Crippen molar-refractivity contribution in [1.82, 2.24) is 13.5 Å². The summed E-state index contributed by atoms with van der Waals surface area (Å²) in [6, 6.07) is 4.87. The lowest BCUT2D eigenvalue weighted by Crippen LogP contribution is -2.42. The highest BCUT2D eigenvalue weighted by molar-refractivity contribution is 7.13. The van der Waals surface area contributed by atoms with Crippen LogP contribution < -0.4 is 11.2 Å². The molecule has 2 heterocycles. The van der Waals surface area contributed by atoms with Gasteiger partial charge in [-0.1, -0.05) is 0 Å². The monoisotopic (exact) mass is 373 g/mol. The van der Waals surface area contributed by atoms with Crippen molar-refractivity contribution < 1.29 is 17.6 Å². The number of alkyl halides is 4. The van der Waals surface area contributed by atoms with Gasteiger partial charge < -0.3 is 0 Å². The second-order valence-corrected chi connectivity index (χ2v) is 6.08. The Labute approximate surface area is 141 Å². The maximum atomic E-state index is 13.0. The predicted octanol–water partition coefficient (Wildman–Crippen LogP) is 2.91. The molecule has 0 fully saturated rings. The minimum atomic E-state index is -4.94. The molecule has 25 heavy (non-hydrogen) atoms. The second kappa shape index (κ2) is 6.10. The van der Waals surface area contributed by atoms with Crippen molar-refractivity contribution >= 4 is 21.6 Å². The molecule has 2 aromatic heterocycles. The first kappa shape index (κ1) is 17.3. The van der Waals surface area contributed by atoms with Crippen LogP contribution in [0.3, 0.4) is 0 Å². The van der Waals surface area contributed by atoms with E-state index in [4.69, 9.17) is 0 Å².